The SMILES string of the molecule is Cc1nn(CC(C)C(=O)Nc2ccn(Cc3cccc(F)c3)n2)c(C)c1[N+](=O)[O-]. The number of rotatable bonds is 7. The molecule has 1 amide bonds. The minimum absolute atomic E-state index is 0.0336. The molecule has 0 radical (unpaired) electrons. The summed E-state index contributed by atoms with van der Waals surface area (Å²) in [6, 6.07) is 7.87. The van der Waals surface area contributed by atoms with E-state index >= 15 is 0 Å². The van der Waals surface area contributed by atoms with Crippen molar-refractivity contribution in [2.24, 2.45) is 5.92 Å². The number of carbonyl (C=O) groups excluding carboxylic acids is 1. The van der Waals surface area contributed by atoms with E-state index in [1.807, 2.05) is 0 Å². The second-order valence-electron chi connectivity index (χ2n) is 6.88. The van der Waals surface area contributed by atoms with E-state index in [2.05, 4.69) is 15.5 Å². The Morgan fingerprint density at radius 3 is 2.72 bits per heavy atom. The molecule has 2 aromatic heterocycles. The van der Waals surface area contributed by atoms with Gasteiger partial charge < -0.3 is 5.32 Å². The number of carbonyl (C=O) groups is 1. The third-order valence-corrected chi connectivity index (χ3v) is 4.55. The van der Waals surface area contributed by atoms with Crippen LogP contribution in [0.2, 0.25) is 0 Å². The average Bonchev–Trinajstić information content (AvgIpc) is 3.18. The Hall–Kier alpha value is -3.56. The summed E-state index contributed by atoms with van der Waals surface area (Å²) < 4.78 is 16.4. The third kappa shape index (κ3) is 4.65. The fourth-order valence-electron chi connectivity index (χ4n) is 3.06. The molecule has 0 aliphatic heterocycles. The quantitative estimate of drug-likeness (QED) is 0.484. The number of benzene rings is 1. The first kappa shape index (κ1) is 20.2. The topological polar surface area (TPSA) is 108 Å². The molecule has 0 saturated heterocycles. The van der Waals surface area contributed by atoms with Gasteiger partial charge in [0.1, 0.15) is 17.2 Å². The zero-order valence-electron chi connectivity index (χ0n) is 16.3. The van der Waals surface area contributed by atoms with Crippen LogP contribution in [-0.4, -0.2) is 30.4 Å². The average molecular weight is 400 g/mol. The van der Waals surface area contributed by atoms with Gasteiger partial charge in [0, 0.05) is 12.3 Å². The van der Waals surface area contributed by atoms with Crippen molar-refractivity contribution in [3.05, 3.63) is 69.4 Å². The van der Waals surface area contributed by atoms with Crippen LogP contribution < -0.4 is 5.32 Å². The van der Waals surface area contributed by atoms with Crippen molar-refractivity contribution in [2.45, 2.75) is 33.9 Å². The number of amides is 1. The molecule has 29 heavy (non-hydrogen) atoms. The summed E-state index contributed by atoms with van der Waals surface area (Å²) in [5.74, 6) is -0.712. The minimum atomic E-state index is -0.485. The van der Waals surface area contributed by atoms with Crippen molar-refractivity contribution in [3.8, 4) is 0 Å². The first-order valence-corrected chi connectivity index (χ1v) is 9.01. The molecule has 0 spiro atoms. The van der Waals surface area contributed by atoms with E-state index in [9.17, 15) is 19.3 Å². The zero-order valence-corrected chi connectivity index (χ0v) is 16.3. The van der Waals surface area contributed by atoms with Crippen LogP contribution in [0.5, 0.6) is 0 Å². The van der Waals surface area contributed by atoms with Gasteiger partial charge in [0.15, 0.2) is 5.82 Å². The van der Waals surface area contributed by atoms with Gasteiger partial charge in [0.25, 0.3) is 0 Å². The van der Waals surface area contributed by atoms with Crippen LogP contribution >= 0.6 is 0 Å². The fourth-order valence-corrected chi connectivity index (χ4v) is 3.06. The highest BCUT2D eigenvalue weighted by Crippen LogP contribution is 2.22. The van der Waals surface area contributed by atoms with E-state index in [-0.39, 0.29) is 24.0 Å². The van der Waals surface area contributed by atoms with Gasteiger partial charge in [-0.2, -0.15) is 10.2 Å². The van der Waals surface area contributed by atoms with Crippen molar-refractivity contribution in [1.29, 1.82) is 0 Å². The summed E-state index contributed by atoms with van der Waals surface area (Å²) in [5, 5.41) is 22.3. The second-order valence-corrected chi connectivity index (χ2v) is 6.88. The van der Waals surface area contributed by atoms with E-state index in [4.69, 9.17) is 0 Å². The molecule has 1 atom stereocenters. The maximum atomic E-state index is 13.3. The maximum Gasteiger partial charge on any atom is 0.312 e. The lowest BCUT2D eigenvalue weighted by Crippen LogP contribution is -2.25. The van der Waals surface area contributed by atoms with E-state index < -0.39 is 10.8 Å². The molecule has 3 aromatic rings. The van der Waals surface area contributed by atoms with Crippen molar-refractivity contribution in [3.63, 3.8) is 0 Å². The molecule has 3 rings (SSSR count). The highest BCUT2D eigenvalue weighted by molar-refractivity contribution is 5.91. The Morgan fingerprint density at radius 2 is 2.07 bits per heavy atom. The molecule has 9 nitrogen and oxygen atoms in total. The van der Waals surface area contributed by atoms with Crippen molar-refractivity contribution >= 4 is 17.4 Å². The van der Waals surface area contributed by atoms with E-state index in [0.717, 1.165) is 5.56 Å². The van der Waals surface area contributed by atoms with Gasteiger partial charge in [-0.15, -0.1) is 0 Å². The number of nitrogens with one attached hydrogen (secondary N) is 1. The highest BCUT2D eigenvalue weighted by Gasteiger charge is 2.24. The first-order valence-electron chi connectivity index (χ1n) is 9.01. The summed E-state index contributed by atoms with van der Waals surface area (Å²) in [7, 11) is 0. The van der Waals surface area contributed by atoms with E-state index in [0.29, 0.717) is 23.8 Å². The van der Waals surface area contributed by atoms with E-state index in [1.165, 1.54) is 16.8 Å². The van der Waals surface area contributed by atoms with Gasteiger partial charge in [-0.3, -0.25) is 24.3 Å². The number of nitro groups is 1. The predicted molar refractivity (Wildman–Crippen MR) is 104 cm³/mol. The van der Waals surface area contributed by atoms with Crippen molar-refractivity contribution in [1.82, 2.24) is 19.6 Å². The summed E-state index contributed by atoms with van der Waals surface area (Å²) in [5.41, 5.74) is 1.45. The maximum absolute atomic E-state index is 13.3. The van der Waals surface area contributed by atoms with Gasteiger partial charge in [-0.25, -0.2) is 4.39 Å². The van der Waals surface area contributed by atoms with Gasteiger partial charge in [-0.1, -0.05) is 19.1 Å². The summed E-state index contributed by atoms with van der Waals surface area (Å²) in [6.07, 6.45) is 1.69. The number of halogens is 1. The summed E-state index contributed by atoms with van der Waals surface area (Å²) >= 11 is 0. The molecule has 1 unspecified atom stereocenters. The van der Waals surface area contributed by atoms with Crippen LogP contribution in [0.15, 0.2) is 36.5 Å². The molecule has 2 heterocycles. The lowest BCUT2D eigenvalue weighted by atomic mass is 10.1. The normalized spacial score (nSPS) is 12.0. The Bertz CT molecular complexity index is 1060. The van der Waals surface area contributed by atoms with Crippen molar-refractivity contribution < 1.29 is 14.1 Å². The second kappa shape index (κ2) is 8.21. The minimum Gasteiger partial charge on any atom is -0.309 e. The largest absolute Gasteiger partial charge is 0.312 e. The number of aromatic nitrogens is 4. The molecule has 1 aromatic carbocycles. The van der Waals surface area contributed by atoms with Gasteiger partial charge >= 0.3 is 5.69 Å². The van der Waals surface area contributed by atoms with Crippen LogP contribution in [0.3, 0.4) is 0 Å². The molecule has 1 N–H and O–H groups in total. The molecule has 0 fully saturated rings. The zero-order chi connectivity index (χ0) is 21.1. The van der Waals surface area contributed by atoms with Crippen LogP contribution in [0, 0.1) is 35.7 Å². The van der Waals surface area contributed by atoms with E-state index in [1.54, 1.807) is 49.8 Å². The number of anilines is 1. The van der Waals surface area contributed by atoms with Crippen LogP contribution in [-0.2, 0) is 17.9 Å². The van der Waals surface area contributed by atoms with Gasteiger partial charge in [0.05, 0.1) is 23.9 Å². The van der Waals surface area contributed by atoms with Crippen LogP contribution in [0.1, 0.15) is 23.9 Å². The third-order valence-electron chi connectivity index (χ3n) is 4.55. The fraction of sp³-hybridized carbons (Fsp3) is 0.316. The molecular formula is C19H21FN6O3. The van der Waals surface area contributed by atoms with Gasteiger partial charge in [-0.05, 0) is 31.5 Å². The molecule has 0 aliphatic rings. The number of nitrogens with zero attached hydrogens (tertiary/aromatic N) is 5. The molecule has 10 heteroatoms. The Morgan fingerprint density at radius 1 is 1.31 bits per heavy atom. The Balaban J connectivity index is 1.62. The molecule has 0 bridgehead atoms. The monoisotopic (exact) mass is 400 g/mol. The predicted octanol–water partition coefficient (Wildman–Crippen LogP) is 3.07. The first-order chi connectivity index (χ1) is 13.7. The van der Waals surface area contributed by atoms with Crippen LogP contribution in [0.25, 0.3) is 0 Å². The molecule has 0 aliphatic carbocycles. The lowest BCUT2D eigenvalue weighted by Gasteiger charge is -2.12. The Labute approximate surface area is 166 Å². The van der Waals surface area contributed by atoms with Crippen LogP contribution in [0.4, 0.5) is 15.9 Å². The number of hydrogen-bond acceptors (Lipinski definition) is 5. The number of hydrogen-bond donors (Lipinski definition) is 1. The lowest BCUT2D eigenvalue weighted by molar-refractivity contribution is -0.386. The number of aryl methyl sites for hydroxylation is 1. The molecule has 0 saturated carbocycles. The molecular weight excluding hydrogens is 379 g/mol. The van der Waals surface area contributed by atoms with Gasteiger partial charge in [0.2, 0.25) is 5.91 Å². The standard InChI is InChI=1S/C19H21FN6O3/c1-12(10-25-14(3)18(26(28)29)13(2)22-25)19(27)21-17-7-8-24(23-17)11-15-5-4-6-16(20)9-15/h4-9,12H,10-11H2,1-3H3,(H,21,23,27). The summed E-state index contributed by atoms with van der Waals surface area (Å²) in [4.78, 5) is 23.1. The molecule has 152 valence electrons. The Kier molecular flexibility index (Phi) is 5.71. The smallest absolute Gasteiger partial charge is 0.309 e. The van der Waals surface area contributed by atoms with Crippen molar-refractivity contribution in [2.75, 3.05) is 5.32 Å². The summed E-state index contributed by atoms with van der Waals surface area (Å²) in [6.45, 7) is 5.46. The highest BCUT2D eigenvalue weighted by atomic mass is 19.1.